The molecule has 0 N–H and O–H groups in total. The number of ketones is 2. The van der Waals surface area contributed by atoms with Crippen molar-refractivity contribution in [3.63, 3.8) is 0 Å². The molecule has 1 aliphatic carbocycles. The van der Waals surface area contributed by atoms with Crippen LogP contribution in [0.1, 0.15) is 43.5 Å². The van der Waals surface area contributed by atoms with Gasteiger partial charge in [-0.1, -0.05) is 60.7 Å². The van der Waals surface area contributed by atoms with Crippen LogP contribution in [0.2, 0.25) is 0 Å². The normalized spacial score (nSPS) is 24.8. The predicted octanol–water partition coefficient (Wildman–Crippen LogP) is 4.00. The first-order valence-electron chi connectivity index (χ1n) is 11.2. The molecule has 2 amide bonds. The minimum Gasteiger partial charge on any atom is -0.349 e. The number of anilines is 1. The van der Waals surface area contributed by atoms with E-state index in [0.717, 1.165) is 16.0 Å². The van der Waals surface area contributed by atoms with Crippen molar-refractivity contribution in [2.75, 3.05) is 4.90 Å². The average molecular weight is 451 g/mol. The van der Waals surface area contributed by atoms with E-state index in [9.17, 15) is 19.2 Å². The SMILES string of the molecule is Cc1ccc(N2C(=O)[C@@H]3[C@@H](C2=O)C2(O[C@H]3c3ccccc3)C(=O)c3ccccc3C2=O)cc1C. The first kappa shape index (κ1) is 20.7. The van der Waals surface area contributed by atoms with Crippen molar-refractivity contribution in [2.45, 2.75) is 25.6 Å². The summed E-state index contributed by atoms with van der Waals surface area (Å²) in [4.78, 5) is 56.3. The maximum Gasteiger partial charge on any atom is 0.241 e. The zero-order chi connectivity index (χ0) is 23.8. The van der Waals surface area contributed by atoms with Gasteiger partial charge in [0.15, 0.2) is 0 Å². The van der Waals surface area contributed by atoms with Gasteiger partial charge < -0.3 is 4.74 Å². The maximum atomic E-state index is 13.9. The van der Waals surface area contributed by atoms with Crippen molar-refractivity contribution in [3.05, 3.63) is 101 Å². The molecule has 0 bridgehead atoms. The van der Waals surface area contributed by atoms with Crippen molar-refractivity contribution >= 4 is 29.1 Å². The fraction of sp³-hybridized carbons (Fsp3) is 0.214. The molecule has 2 saturated heterocycles. The molecule has 2 fully saturated rings. The molecule has 0 radical (unpaired) electrons. The molecule has 1 spiro atoms. The molecule has 6 rings (SSSR count). The quantitative estimate of drug-likeness (QED) is 0.435. The van der Waals surface area contributed by atoms with Crippen molar-refractivity contribution < 1.29 is 23.9 Å². The van der Waals surface area contributed by atoms with E-state index < -0.39 is 46.9 Å². The predicted molar refractivity (Wildman–Crippen MR) is 123 cm³/mol. The highest BCUT2D eigenvalue weighted by atomic mass is 16.5. The first-order chi connectivity index (χ1) is 16.4. The van der Waals surface area contributed by atoms with Gasteiger partial charge in [-0.15, -0.1) is 0 Å². The second-order valence-corrected chi connectivity index (χ2v) is 9.17. The van der Waals surface area contributed by atoms with Crippen LogP contribution in [0.5, 0.6) is 0 Å². The van der Waals surface area contributed by atoms with E-state index in [4.69, 9.17) is 4.74 Å². The number of ether oxygens (including phenoxy) is 1. The number of carbonyl (C=O) groups excluding carboxylic acids is 4. The molecule has 3 aliphatic rings. The molecule has 3 aromatic rings. The number of fused-ring (bicyclic) bond motifs is 3. The van der Waals surface area contributed by atoms with Crippen molar-refractivity contribution in [3.8, 4) is 0 Å². The molecular weight excluding hydrogens is 430 g/mol. The summed E-state index contributed by atoms with van der Waals surface area (Å²) in [5.41, 5.74) is 1.45. The molecule has 6 heteroatoms. The number of hydrogen-bond donors (Lipinski definition) is 0. The molecule has 2 heterocycles. The van der Waals surface area contributed by atoms with Crippen LogP contribution in [0, 0.1) is 25.7 Å². The van der Waals surface area contributed by atoms with E-state index in [0.29, 0.717) is 11.3 Å². The van der Waals surface area contributed by atoms with Gasteiger partial charge in [-0.3, -0.25) is 19.2 Å². The number of hydrogen-bond acceptors (Lipinski definition) is 5. The third-order valence-corrected chi connectivity index (χ3v) is 7.40. The highest BCUT2D eigenvalue weighted by Crippen LogP contribution is 2.57. The fourth-order valence-corrected chi connectivity index (χ4v) is 5.58. The van der Waals surface area contributed by atoms with Gasteiger partial charge in [0, 0.05) is 11.1 Å². The van der Waals surface area contributed by atoms with Gasteiger partial charge in [-0.25, -0.2) is 4.90 Å². The summed E-state index contributed by atoms with van der Waals surface area (Å²) in [6, 6.07) is 20.8. The summed E-state index contributed by atoms with van der Waals surface area (Å²) in [5, 5.41) is 0. The van der Waals surface area contributed by atoms with Crippen LogP contribution in [0.15, 0.2) is 72.8 Å². The largest absolute Gasteiger partial charge is 0.349 e. The van der Waals surface area contributed by atoms with Crippen molar-refractivity contribution in [1.29, 1.82) is 0 Å². The van der Waals surface area contributed by atoms with Gasteiger partial charge in [0.25, 0.3) is 0 Å². The van der Waals surface area contributed by atoms with E-state index in [2.05, 4.69) is 0 Å². The van der Waals surface area contributed by atoms with Crippen molar-refractivity contribution in [1.82, 2.24) is 0 Å². The highest BCUT2D eigenvalue weighted by molar-refractivity contribution is 6.37. The van der Waals surface area contributed by atoms with E-state index in [1.807, 2.05) is 26.0 Å². The smallest absolute Gasteiger partial charge is 0.241 e. The van der Waals surface area contributed by atoms with Gasteiger partial charge in [0.1, 0.15) is 0 Å². The number of benzene rings is 3. The number of rotatable bonds is 2. The van der Waals surface area contributed by atoms with E-state index in [1.54, 1.807) is 60.7 Å². The van der Waals surface area contributed by atoms with Crippen LogP contribution in [0.4, 0.5) is 5.69 Å². The van der Waals surface area contributed by atoms with Crippen LogP contribution in [-0.2, 0) is 14.3 Å². The zero-order valence-corrected chi connectivity index (χ0v) is 18.6. The number of amides is 2. The molecule has 0 aromatic heterocycles. The van der Waals surface area contributed by atoms with E-state index >= 15 is 0 Å². The van der Waals surface area contributed by atoms with Gasteiger partial charge >= 0.3 is 0 Å². The monoisotopic (exact) mass is 451 g/mol. The minimum atomic E-state index is -2.05. The molecule has 2 aliphatic heterocycles. The first-order valence-corrected chi connectivity index (χ1v) is 11.2. The fourth-order valence-electron chi connectivity index (χ4n) is 5.58. The number of nitrogens with zero attached hydrogens (tertiary/aromatic N) is 1. The summed E-state index contributed by atoms with van der Waals surface area (Å²) in [7, 11) is 0. The topological polar surface area (TPSA) is 80.8 Å². The second-order valence-electron chi connectivity index (χ2n) is 9.17. The molecule has 3 aromatic carbocycles. The number of aryl methyl sites for hydroxylation is 2. The van der Waals surface area contributed by atoms with Gasteiger partial charge in [-0.2, -0.15) is 0 Å². The Hall–Kier alpha value is -3.90. The molecule has 34 heavy (non-hydrogen) atoms. The maximum absolute atomic E-state index is 13.9. The Morgan fingerprint density at radius 2 is 1.35 bits per heavy atom. The lowest BCUT2D eigenvalue weighted by atomic mass is 9.77. The Morgan fingerprint density at radius 3 is 1.97 bits per heavy atom. The van der Waals surface area contributed by atoms with Gasteiger partial charge in [0.05, 0.1) is 23.6 Å². The molecule has 6 nitrogen and oxygen atoms in total. The van der Waals surface area contributed by atoms with Crippen LogP contribution in [0.25, 0.3) is 0 Å². The second kappa shape index (κ2) is 7.05. The van der Waals surface area contributed by atoms with Crippen LogP contribution in [0.3, 0.4) is 0 Å². The lowest BCUT2D eigenvalue weighted by Gasteiger charge is -2.27. The van der Waals surface area contributed by atoms with Crippen LogP contribution < -0.4 is 4.90 Å². The van der Waals surface area contributed by atoms with Crippen LogP contribution >= 0.6 is 0 Å². The summed E-state index contributed by atoms with van der Waals surface area (Å²) < 4.78 is 6.27. The summed E-state index contributed by atoms with van der Waals surface area (Å²) in [5.74, 6) is -4.36. The zero-order valence-electron chi connectivity index (χ0n) is 18.6. The number of carbonyl (C=O) groups is 4. The summed E-state index contributed by atoms with van der Waals surface area (Å²) >= 11 is 0. The van der Waals surface area contributed by atoms with E-state index in [-0.39, 0.29) is 11.1 Å². The summed E-state index contributed by atoms with van der Waals surface area (Å²) in [6.07, 6.45) is -0.901. The highest BCUT2D eigenvalue weighted by Gasteiger charge is 2.74. The lowest BCUT2D eigenvalue weighted by Crippen LogP contribution is -2.51. The van der Waals surface area contributed by atoms with Gasteiger partial charge in [0.2, 0.25) is 29.0 Å². The van der Waals surface area contributed by atoms with Crippen molar-refractivity contribution in [2.24, 2.45) is 11.8 Å². The third kappa shape index (κ3) is 2.49. The van der Waals surface area contributed by atoms with Gasteiger partial charge in [-0.05, 0) is 42.7 Å². The molecular formula is C28H21NO5. The number of Topliss-reactive ketones (excluding diaryl/α,β-unsaturated/α-hetero) is 2. The van der Waals surface area contributed by atoms with Crippen LogP contribution in [-0.4, -0.2) is 29.0 Å². The molecule has 0 saturated carbocycles. The number of imide groups is 1. The average Bonchev–Trinajstić information content (AvgIpc) is 3.42. The Bertz CT molecular complexity index is 1370. The summed E-state index contributed by atoms with van der Waals surface area (Å²) in [6.45, 7) is 3.85. The Kier molecular flexibility index (Phi) is 4.29. The minimum absolute atomic E-state index is 0.227. The Labute approximate surface area is 196 Å². The standard InChI is InChI=1S/C28H21NO5/c1-15-12-13-18(14-16(15)2)29-26(32)21-22(27(29)33)28(34-23(21)17-8-4-3-5-9-17)24(30)19-10-6-7-11-20(19)25(28)31/h3-14,21-23H,1-2H3/t21-,22+,23+/m1/s1. The molecule has 3 atom stereocenters. The molecule has 168 valence electrons. The Balaban J connectivity index is 1.55. The molecule has 0 unspecified atom stereocenters. The Morgan fingerprint density at radius 1 is 0.735 bits per heavy atom. The third-order valence-electron chi connectivity index (χ3n) is 7.40. The van der Waals surface area contributed by atoms with E-state index in [1.165, 1.54) is 0 Å². The lowest BCUT2D eigenvalue weighted by molar-refractivity contribution is -0.127.